The Morgan fingerprint density at radius 1 is 1.27 bits per heavy atom. The summed E-state index contributed by atoms with van der Waals surface area (Å²) in [7, 11) is 0. The topological polar surface area (TPSA) is 58.4 Å². The van der Waals surface area contributed by atoms with E-state index < -0.39 is 0 Å². The number of amides is 2. The van der Waals surface area contributed by atoms with E-state index in [2.05, 4.69) is 24.4 Å². The number of carbonyl (C=O) groups is 1. The summed E-state index contributed by atoms with van der Waals surface area (Å²) in [4.78, 5) is 14.4. The highest BCUT2D eigenvalue weighted by atomic mass is 16.2. The summed E-state index contributed by atoms with van der Waals surface area (Å²) in [6, 6.07) is 14.0. The van der Waals surface area contributed by atoms with Gasteiger partial charge in [-0.25, -0.2) is 4.79 Å². The molecule has 2 aromatic carbocycles. The Labute approximate surface area is 131 Å². The number of hydrogen-bond donors (Lipinski definition) is 2. The van der Waals surface area contributed by atoms with Crippen molar-refractivity contribution in [3.05, 3.63) is 42.5 Å². The Bertz CT molecular complexity index is 665. The van der Waals surface area contributed by atoms with Gasteiger partial charge in [0.05, 0.1) is 5.69 Å². The zero-order valence-electron chi connectivity index (χ0n) is 13.0. The van der Waals surface area contributed by atoms with Crippen LogP contribution in [-0.4, -0.2) is 30.6 Å². The van der Waals surface area contributed by atoms with Crippen molar-refractivity contribution < 1.29 is 4.79 Å². The van der Waals surface area contributed by atoms with Crippen molar-refractivity contribution in [1.29, 1.82) is 0 Å². The molecular formula is C18H23N3O. The SMILES string of the molecule is CC1CCN(C(=O)Nc2cccc3ccccc23)CC1CN. The van der Waals surface area contributed by atoms with Crippen LogP contribution in [-0.2, 0) is 0 Å². The first kappa shape index (κ1) is 14.9. The molecular weight excluding hydrogens is 274 g/mol. The van der Waals surface area contributed by atoms with E-state index in [9.17, 15) is 4.79 Å². The fourth-order valence-electron chi connectivity index (χ4n) is 3.17. The molecule has 0 spiro atoms. The van der Waals surface area contributed by atoms with Crippen LogP contribution in [0.3, 0.4) is 0 Å². The first-order chi connectivity index (χ1) is 10.7. The normalized spacial score (nSPS) is 21.8. The third-order valence-corrected chi connectivity index (χ3v) is 4.74. The molecule has 1 saturated heterocycles. The van der Waals surface area contributed by atoms with E-state index in [1.54, 1.807) is 0 Å². The largest absolute Gasteiger partial charge is 0.330 e. The summed E-state index contributed by atoms with van der Waals surface area (Å²) in [5.74, 6) is 0.985. The molecule has 116 valence electrons. The maximum absolute atomic E-state index is 12.6. The lowest BCUT2D eigenvalue weighted by Gasteiger charge is -2.36. The number of nitrogens with two attached hydrogens (primary N) is 1. The molecule has 1 aliphatic heterocycles. The molecule has 22 heavy (non-hydrogen) atoms. The Balaban J connectivity index is 1.76. The minimum atomic E-state index is -0.0262. The van der Waals surface area contributed by atoms with E-state index in [4.69, 9.17) is 5.73 Å². The smallest absolute Gasteiger partial charge is 0.321 e. The highest BCUT2D eigenvalue weighted by Crippen LogP contribution is 2.25. The molecule has 0 radical (unpaired) electrons. The van der Waals surface area contributed by atoms with Gasteiger partial charge in [-0.15, -0.1) is 0 Å². The van der Waals surface area contributed by atoms with E-state index in [0.717, 1.165) is 36.0 Å². The van der Waals surface area contributed by atoms with Crippen molar-refractivity contribution in [2.45, 2.75) is 13.3 Å². The molecule has 2 atom stereocenters. The fourth-order valence-corrected chi connectivity index (χ4v) is 3.17. The number of urea groups is 1. The molecule has 1 heterocycles. The zero-order valence-corrected chi connectivity index (χ0v) is 13.0. The number of benzene rings is 2. The van der Waals surface area contributed by atoms with Gasteiger partial charge in [-0.3, -0.25) is 0 Å². The van der Waals surface area contributed by atoms with Crippen molar-refractivity contribution >= 4 is 22.5 Å². The molecule has 2 amide bonds. The number of fused-ring (bicyclic) bond motifs is 1. The average Bonchev–Trinajstić information content (AvgIpc) is 2.55. The standard InChI is InChI=1S/C18H23N3O/c1-13-9-10-21(12-15(13)11-19)18(22)20-17-8-4-6-14-5-2-3-7-16(14)17/h2-8,13,15H,9-12,19H2,1H3,(H,20,22). The van der Waals surface area contributed by atoms with E-state index in [1.807, 2.05) is 35.2 Å². The Hall–Kier alpha value is -2.07. The second-order valence-corrected chi connectivity index (χ2v) is 6.16. The number of nitrogens with zero attached hydrogens (tertiary/aromatic N) is 1. The molecule has 2 unspecified atom stereocenters. The van der Waals surface area contributed by atoms with Gasteiger partial charge in [-0.2, -0.15) is 0 Å². The van der Waals surface area contributed by atoms with Crippen molar-refractivity contribution in [3.63, 3.8) is 0 Å². The van der Waals surface area contributed by atoms with Crippen LogP contribution in [0.1, 0.15) is 13.3 Å². The highest BCUT2D eigenvalue weighted by Gasteiger charge is 2.28. The van der Waals surface area contributed by atoms with Crippen LogP contribution < -0.4 is 11.1 Å². The molecule has 3 rings (SSSR count). The number of rotatable bonds is 2. The van der Waals surface area contributed by atoms with Gasteiger partial charge < -0.3 is 16.0 Å². The maximum Gasteiger partial charge on any atom is 0.321 e. The van der Waals surface area contributed by atoms with Crippen LogP contribution in [0.5, 0.6) is 0 Å². The Morgan fingerprint density at radius 3 is 2.86 bits per heavy atom. The zero-order chi connectivity index (χ0) is 15.5. The molecule has 1 fully saturated rings. The number of nitrogens with one attached hydrogen (secondary N) is 1. The van der Waals surface area contributed by atoms with Crippen LogP contribution in [0, 0.1) is 11.8 Å². The van der Waals surface area contributed by atoms with Gasteiger partial charge >= 0.3 is 6.03 Å². The average molecular weight is 297 g/mol. The Morgan fingerprint density at radius 2 is 2.05 bits per heavy atom. The van der Waals surface area contributed by atoms with E-state index in [1.165, 1.54) is 0 Å². The van der Waals surface area contributed by atoms with Crippen LogP contribution in [0.15, 0.2) is 42.5 Å². The molecule has 0 bridgehead atoms. The molecule has 0 saturated carbocycles. The summed E-state index contributed by atoms with van der Waals surface area (Å²) in [5.41, 5.74) is 6.69. The molecule has 1 aliphatic rings. The highest BCUT2D eigenvalue weighted by molar-refractivity contribution is 6.01. The van der Waals surface area contributed by atoms with Crippen LogP contribution in [0.4, 0.5) is 10.5 Å². The molecule has 3 N–H and O–H groups in total. The van der Waals surface area contributed by atoms with E-state index in [-0.39, 0.29) is 6.03 Å². The monoisotopic (exact) mass is 297 g/mol. The first-order valence-corrected chi connectivity index (χ1v) is 7.93. The summed E-state index contributed by atoms with van der Waals surface area (Å²) in [6.07, 6.45) is 1.02. The molecule has 0 aromatic heterocycles. The number of anilines is 1. The number of carbonyl (C=O) groups excluding carboxylic acids is 1. The van der Waals surface area contributed by atoms with Gasteiger partial charge in [0.15, 0.2) is 0 Å². The van der Waals surface area contributed by atoms with Gasteiger partial charge in [-0.05, 0) is 36.3 Å². The van der Waals surface area contributed by atoms with Gasteiger partial charge in [-0.1, -0.05) is 43.3 Å². The predicted molar refractivity (Wildman–Crippen MR) is 90.9 cm³/mol. The fraction of sp³-hybridized carbons (Fsp3) is 0.389. The van der Waals surface area contributed by atoms with Crippen molar-refractivity contribution in [3.8, 4) is 0 Å². The van der Waals surface area contributed by atoms with E-state index >= 15 is 0 Å². The van der Waals surface area contributed by atoms with Crippen LogP contribution in [0.25, 0.3) is 10.8 Å². The minimum absolute atomic E-state index is 0.0262. The quantitative estimate of drug-likeness (QED) is 0.893. The maximum atomic E-state index is 12.6. The summed E-state index contributed by atoms with van der Waals surface area (Å²) in [5, 5.41) is 5.26. The van der Waals surface area contributed by atoms with E-state index in [0.29, 0.717) is 18.4 Å². The number of piperidine rings is 1. The first-order valence-electron chi connectivity index (χ1n) is 7.93. The lowest BCUT2D eigenvalue weighted by Crippen LogP contribution is -2.47. The number of hydrogen-bond acceptors (Lipinski definition) is 2. The molecule has 2 aromatic rings. The van der Waals surface area contributed by atoms with Crippen LogP contribution >= 0.6 is 0 Å². The van der Waals surface area contributed by atoms with Gasteiger partial charge in [0.1, 0.15) is 0 Å². The van der Waals surface area contributed by atoms with Gasteiger partial charge in [0, 0.05) is 18.5 Å². The third-order valence-electron chi connectivity index (χ3n) is 4.74. The van der Waals surface area contributed by atoms with Gasteiger partial charge in [0.25, 0.3) is 0 Å². The van der Waals surface area contributed by atoms with Crippen molar-refractivity contribution in [2.75, 3.05) is 25.0 Å². The molecule has 4 nitrogen and oxygen atoms in total. The lowest BCUT2D eigenvalue weighted by molar-refractivity contribution is 0.149. The second kappa shape index (κ2) is 6.36. The third kappa shape index (κ3) is 2.92. The lowest BCUT2D eigenvalue weighted by atomic mass is 9.87. The number of likely N-dealkylation sites (tertiary alicyclic amines) is 1. The second-order valence-electron chi connectivity index (χ2n) is 6.16. The van der Waals surface area contributed by atoms with Crippen molar-refractivity contribution in [1.82, 2.24) is 4.90 Å². The van der Waals surface area contributed by atoms with Gasteiger partial charge in [0.2, 0.25) is 0 Å². The predicted octanol–water partition coefficient (Wildman–Crippen LogP) is 3.29. The summed E-state index contributed by atoms with van der Waals surface area (Å²) < 4.78 is 0. The summed E-state index contributed by atoms with van der Waals surface area (Å²) >= 11 is 0. The van der Waals surface area contributed by atoms with Crippen LogP contribution in [0.2, 0.25) is 0 Å². The molecule has 4 heteroatoms. The van der Waals surface area contributed by atoms with Crippen molar-refractivity contribution in [2.24, 2.45) is 17.6 Å². The Kier molecular flexibility index (Phi) is 4.29. The molecule has 0 aliphatic carbocycles. The summed E-state index contributed by atoms with van der Waals surface area (Å²) in [6.45, 7) is 4.40. The minimum Gasteiger partial charge on any atom is -0.330 e.